The first kappa shape index (κ1) is 23.0. The van der Waals surface area contributed by atoms with Gasteiger partial charge in [0.05, 0.1) is 16.8 Å². The molecule has 2 aromatic heterocycles. The summed E-state index contributed by atoms with van der Waals surface area (Å²) < 4.78 is 7.35. The van der Waals surface area contributed by atoms with E-state index in [4.69, 9.17) is 32.9 Å². The van der Waals surface area contributed by atoms with E-state index < -0.39 is 0 Å². The summed E-state index contributed by atoms with van der Waals surface area (Å²) >= 11 is 16.0. The molecule has 1 aliphatic rings. The van der Waals surface area contributed by atoms with Gasteiger partial charge in [0.15, 0.2) is 5.13 Å². The van der Waals surface area contributed by atoms with Gasteiger partial charge in [-0.3, -0.25) is 0 Å². The number of aryl methyl sites for hydroxylation is 1. The zero-order valence-electron chi connectivity index (χ0n) is 18.5. The smallest absolute Gasteiger partial charge is 0.186 e. The molecule has 0 atom stereocenters. The number of hydrogen-bond donors (Lipinski definition) is 0. The van der Waals surface area contributed by atoms with Crippen LogP contribution in [0, 0.1) is 0 Å². The summed E-state index contributed by atoms with van der Waals surface area (Å²) in [5.41, 5.74) is 2.36. The van der Waals surface area contributed by atoms with Crippen molar-refractivity contribution >= 4 is 61.2 Å². The van der Waals surface area contributed by atoms with Gasteiger partial charge in [0, 0.05) is 33.4 Å². The van der Waals surface area contributed by atoms with Crippen LogP contribution >= 0.6 is 45.9 Å². The number of benzene rings is 2. The second-order valence-corrected chi connectivity index (χ2v) is 11.4. The third-order valence-electron chi connectivity index (χ3n) is 6.56. The minimum atomic E-state index is 0.136. The number of hydrogen-bond acceptors (Lipinski definition) is 5. The third kappa shape index (κ3) is 5.02. The van der Waals surface area contributed by atoms with Gasteiger partial charge in [-0.05, 0) is 79.1 Å². The van der Waals surface area contributed by atoms with E-state index in [1.54, 1.807) is 11.3 Å². The molecule has 7 heteroatoms. The minimum absolute atomic E-state index is 0.136. The number of aromatic nitrogens is 1. The number of rotatable bonds is 7. The van der Waals surface area contributed by atoms with Crippen molar-refractivity contribution in [3.63, 3.8) is 0 Å². The van der Waals surface area contributed by atoms with Crippen molar-refractivity contribution in [2.24, 2.45) is 0 Å². The van der Waals surface area contributed by atoms with Crippen molar-refractivity contribution in [3.05, 3.63) is 74.4 Å². The summed E-state index contributed by atoms with van der Waals surface area (Å²) in [4.78, 5) is 8.75. The molecule has 1 saturated heterocycles. The summed E-state index contributed by atoms with van der Waals surface area (Å²) in [6.07, 6.45) is 4.11. The Bertz CT molecular complexity index is 1230. The molecule has 33 heavy (non-hydrogen) atoms. The van der Waals surface area contributed by atoms with E-state index in [1.165, 1.54) is 10.4 Å². The zero-order valence-corrected chi connectivity index (χ0v) is 21.7. The highest BCUT2D eigenvalue weighted by Gasteiger charge is 2.37. The molecule has 0 bridgehead atoms. The van der Waals surface area contributed by atoms with Gasteiger partial charge < -0.3 is 9.64 Å². The maximum atomic E-state index is 6.28. The fourth-order valence-electron chi connectivity index (χ4n) is 4.62. The molecule has 1 aliphatic heterocycles. The van der Waals surface area contributed by atoms with Crippen molar-refractivity contribution in [2.45, 2.75) is 38.0 Å². The fourth-order valence-corrected chi connectivity index (χ4v) is 7.18. The van der Waals surface area contributed by atoms with Crippen molar-refractivity contribution < 1.29 is 4.74 Å². The average molecular weight is 518 g/mol. The molecule has 0 N–H and O–H groups in total. The van der Waals surface area contributed by atoms with E-state index in [0.717, 1.165) is 69.9 Å². The molecule has 172 valence electrons. The highest BCUT2D eigenvalue weighted by molar-refractivity contribution is 7.22. The summed E-state index contributed by atoms with van der Waals surface area (Å²) in [6.45, 7) is 4.79. The van der Waals surface area contributed by atoms with Crippen LogP contribution in [0.3, 0.4) is 0 Å². The lowest BCUT2D eigenvalue weighted by atomic mass is 9.74. The van der Waals surface area contributed by atoms with Gasteiger partial charge in [0.2, 0.25) is 0 Å². The zero-order chi connectivity index (χ0) is 22.8. The van der Waals surface area contributed by atoms with Gasteiger partial charge in [-0.2, -0.15) is 0 Å². The van der Waals surface area contributed by atoms with Gasteiger partial charge >= 0.3 is 0 Å². The third-order valence-corrected chi connectivity index (χ3v) is 9.21. The molecule has 2 aromatic carbocycles. The highest BCUT2D eigenvalue weighted by atomic mass is 35.5. The van der Waals surface area contributed by atoms with Crippen LogP contribution in [0.25, 0.3) is 10.2 Å². The van der Waals surface area contributed by atoms with Crippen LogP contribution in [-0.2, 0) is 11.8 Å². The van der Waals surface area contributed by atoms with Crippen LogP contribution < -0.4 is 9.64 Å². The highest BCUT2D eigenvalue weighted by Crippen LogP contribution is 2.43. The maximum absolute atomic E-state index is 6.28. The maximum Gasteiger partial charge on any atom is 0.186 e. The number of piperidine rings is 1. The largest absolute Gasteiger partial charge is 0.494 e. The number of thiazole rings is 1. The molecular weight excluding hydrogens is 491 g/mol. The molecular formula is C26H26Cl2N2OS2. The predicted octanol–water partition coefficient (Wildman–Crippen LogP) is 8.23. The minimum Gasteiger partial charge on any atom is -0.494 e. The number of thiophene rings is 1. The fraction of sp³-hybridized carbons (Fsp3) is 0.346. The van der Waals surface area contributed by atoms with Crippen LogP contribution in [0.2, 0.25) is 10.0 Å². The van der Waals surface area contributed by atoms with Crippen LogP contribution in [0.5, 0.6) is 5.75 Å². The molecule has 0 amide bonds. The Labute approximate surface area is 212 Å². The van der Waals surface area contributed by atoms with Crippen LogP contribution in [0.1, 0.15) is 36.6 Å². The Morgan fingerprint density at radius 1 is 1.06 bits per heavy atom. The molecule has 4 aromatic rings. The molecule has 0 spiro atoms. The first-order chi connectivity index (χ1) is 16.0. The Morgan fingerprint density at radius 2 is 1.91 bits per heavy atom. The second-order valence-electron chi connectivity index (χ2n) is 8.60. The van der Waals surface area contributed by atoms with E-state index in [0.29, 0.717) is 6.61 Å². The first-order valence-corrected chi connectivity index (χ1v) is 13.8. The first-order valence-electron chi connectivity index (χ1n) is 11.3. The lowest BCUT2D eigenvalue weighted by Crippen LogP contribution is -2.43. The molecule has 5 rings (SSSR count). The van der Waals surface area contributed by atoms with E-state index in [9.17, 15) is 0 Å². The van der Waals surface area contributed by atoms with Crippen molar-refractivity contribution in [1.29, 1.82) is 0 Å². The van der Waals surface area contributed by atoms with Gasteiger partial charge in [-0.1, -0.05) is 47.5 Å². The number of anilines is 1. The van der Waals surface area contributed by atoms with Gasteiger partial charge in [-0.25, -0.2) is 4.98 Å². The normalized spacial score (nSPS) is 15.8. The van der Waals surface area contributed by atoms with Crippen LogP contribution in [0.4, 0.5) is 5.13 Å². The van der Waals surface area contributed by atoms with E-state index >= 15 is 0 Å². The molecule has 1 fully saturated rings. The van der Waals surface area contributed by atoms with Crippen LogP contribution in [-0.4, -0.2) is 24.7 Å². The second kappa shape index (κ2) is 9.83. The summed E-state index contributed by atoms with van der Waals surface area (Å²) in [6, 6.07) is 16.4. The Morgan fingerprint density at radius 3 is 2.67 bits per heavy atom. The van der Waals surface area contributed by atoms with Gasteiger partial charge in [0.25, 0.3) is 0 Å². The predicted molar refractivity (Wildman–Crippen MR) is 143 cm³/mol. The van der Waals surface area contributed by atoms with Gasteiger partial charge in [-0.15, -0.1) is 11.3 Å². The molecule has 0 saturated carbocycles. The summed E-state index contributed by atoms with van der Waals surface area (Å²) in [5, 5.41) is 4.78. The number of halogens is 2. The van der Waals surface area contributed by atoms with Crippen molar-refractivity contribution in [1.82, 2.24) is 4.98 Å². The lowest BCUT2D eigenvalue weighted by Gasteiger charge is -2.41. The molecule has 0 aliphatic carbocycles. The summed E-state index contributed by atoms with van der Waals surface area (Å²) in [5.74, 6) is 0.867. The van der Waals surface area contributed by atoms with Crippen LogP contribution in [0.15, 0.2) is 53.9 Å². The van der Waals surface area contributed by atoms with Crippen molar-refractivity contribution in [3.8, 4) is 5.75 Å². The quantitative estimate of drug-likeness (QED) is 0.247. The topological polar surface area (TPSA) is 25.4 Å². The molecule has 0 radical (unpaired) electrons. The number of fused-ring (bicyclic) bond motifs is 1. The van der Waals surface area contributed by atoms with E-state index in [2.05, 4.69) is 35.4 Å². The number of nitrogens with zero attached hydrogens (tertiary/aromatic N) is 2. The van der Waals surface area contributed by atoms with Crippen molar-refractivity contribution in [2.75, 3.05) is 24.6 Å². The lowest BCUT2D eigenvalue weighted by molar-refractivity contribution is 0.229. The Hall–Kier alpha value is -1.79. The molecule has 0 unspecified atom stereocenters. The Balaban J connectivity index is 1.29. The standard InChI is InChI=1S/C26H26Cl2N2OS2/c1-2-18-14-20(28)16-21(15-18)31-12-9-26(24-4-3-13-32-24)7-10-30(11-8-26)25-29-22-6-5-19(27)17-23(22)33-25/h3-6,13-17H,2,7-12H2,1H3. The molecule has 3 heterocycles. The summed E-state index contributed by atoms with van der Waals surface area (Å²) in [7, 11) is 0. The van der Waals surface area contributed by atoms with E-state index in [-0.39, 0.29) is 5.41 Å². The average Bonchev–Trinajstić information content (AvgIpc) is 3.49. The van der Waals surface area contributed by atoms with Gasteiger partial charge in [0.1, 0.15) is 5.75 Å². The number of ether oxygens (including phenoxy) is 1. The Kier molecular flexibility index (Phi) is 6.84. The molecule has 3 nitrogen and oxygen atoms in total. The van der Waals surface area contributed by atoms with E-state index in [1.807, 2.05) is 41.7 Å². The SMILES string of the molecule is CCc1cc(Cl)cc(OCCC2(c3cccs3)CCN(c3nc4ccc(Cl)cc4s3)CC2)c1. The monoisotopic (exact) mass is 516 g/mol.